The van der Waals surface area contributed by atoms with Gasteiger partial charge in [-0.1, -0.05) is 0 Å². The van der Waals surface area contributed by atoms with Gasteiger partial charge in [0.15, 0.2) is 0 Å². The maximum atomic E-state index is 12.0. The molecule has 20 heavy (non-hydrogen) atoms. The zero-order chi connectivity index (χ0) is 14.4. The lowest BCUT2D eigenvalue weighted by atomic mass is 10.3. The first kappa shape index (κ1) is 14.7. The van der Waals surface area contributed by atoms with Crippen LogP contribution in [0.4, 0.5) is 5.69 Å². The van der Waals surface area contributed by atoms with Gasteiger partial charge in [-0.05, 0) is 18.6 Å². The molecule has 0 bridgehead atoms. The van der Waals surface area contributed by atoms with E-state index in [1.807, 2.05) is 12.1 Å². The van der Waals surface area contributed by atoms with Crippen molar-refractivity contribution in [3.8, 4) is 0 Å². The predicted molar refractivity (Wildman–Crippen MR) is 78.9 cm³/mol. The maximum Gasteiger partial charge on any atom is 0.263 e. The van der Waals surface area contributed by atoms with Crippen molar-refractivity contribution in [2.45, 2.75) is 6.42 Å². The molecule has 0 fully saturated rings. The number of carbonyl (C=O) groups excluding carboxylic acids is 1. The van der Waals surface area contributed by atoms with E-state index in [9.17, 15) is 4.79 Å². The highest BCUT2D eigenvalue weighted by Gasteiger charge is 2.16. The molecule has 0 spiro atoms. The number of rotatable bonds is 7. The molecular weight excluding hydrogens is 278 g/mol. The average Bonchev–Trinajstić information content (AvgIpc) is 2.80. The molecule has 6 nitrogen and oxygen atoms in total. The third-order valence-corrected chi connectivity index (χ3v) is 3.83. The molecule has 2 heterocycles. The maximum absolute atomic E-state index is 12.0. The van der Waals surface area contributed by atoms with Crippen LogP contribution in [0.2, 0.25) is 0 Å². The Morgan fingerprint density at radius 3 is 3.10 bits per heavy atom. The highest BCUT2D eigenvalue weighted by molar-refractivity contribution is 7.21. The lowest BCUT2D eigenvalue weighted by Gasteiger charge is -2.04. The summed E-state index contributed by atoms with van der Waals surface area (Å²) in [7, 11) is 0. The summed E-state index contributed by atoms with van der Waals surface area (Å²) in [5, 5.41) is 11.3. The fourth-order valence-electron chi connectivity index (χ4n) is 1.74. The Labute approximate surface area is 120 Å². The van der Waals surface area contributed by atoms with Gasteiger partial charge in [0.05, 0.1) is 23.6 Å². The molecule has 0 aromatic carbocycles. The van der Waals surface area contributed by atoms with Gasteiger partial charge in [-0.2, -0.15) is 0 Å². The number of carbonyl (C=O) groups is 1. The largest absolute Gasteiger partial charge is 0.396 e. The Kier molecular flexibility index (Phi) is 5.28. The van der Waals surface area contributed by atoms with Crippen LogP contribution >= 0.6 is 11.3 Å². The van der Waals surface area contributed by atoms with Gasteiger partial charge >= 0.3 is 0 Å². The van der Waals surface area contributed by atoms with Gasteiger partial charge in [-0.15, -0.1) is 11.3 Å². The van der Waals surface area contributed by atoms with E-state index in [1.54, 1.807) is 6.20 Å². The van der Waals surface area contributed by atoms with E-state index in [1.165, 1.54) is 11.3 Å². The molecule has 0 aliphatic carbocycles. The molecule has 108 valence electrons. The highest BCUT2D eigenvalue weighted by Crippen LogP contribution is 2.31. The first-order valence-corrected chi connectivity index (χ1v) is 7.15. The molecule has 0 radical (unpaired) electrons. The molecule has 0 saturated carbocycles. The Morgan fingerprint density at radius 1 is 1.50 bits per heavy atom. The van der Waals surface area contributed by atoms with Crippen LogP contribution in [0.3, 0.4) is 0 Å². The van der Waals surface area contributed by atoms with Gasteiger partial charge in [0.1, 0.15) is 10.4 Å². The SMILES string of the molecule is Nc1c(C(=O)NCCCOCCO)sc2cccnc12. The quantitative estimate of drug-likeness (QED) is 0.662. The number of pyridine rings is 1. The summed E-state index contributed by atoms with van der Waals surface area (Å²) in [6, 6.07) is 3.71. The van der Waals surface area contributed by atoms with Crippen LogP contribution in [0.1, 0.15) is 16.1 Å². The number of aliphatic hydroxyl groups excluding tert-OH is 1. The fourth-order valence-corrected chi connectivity index (χ4v) is 2.74. The van der Waals surface area contributed by atoms with Crippen LogP contribution in [-0.4, -0.2) is 42.4 Å². The predicted octanol–water partition coefficient (Wildman–Crippen LogP) is 1.01. The summed E-state index contributed by atoms with van der Waals surface area (Å²) in [6.07, 6.45) is 2.35. The van der Waals surface area contributed by atoms with Crippen LogP contribution in [0, 0.1) is 0 Å². The molecule has 2 rings (SSSR count). The summed E-state index contributed by atoms with van der Waals surface area (Å²) >= 11 is 1.34. The van der Waals surface area contributed by atoms with Gasteiger partial charge in [-0.25, -0.2) is 0 Å². The number of thiophene rings is 1. The van der Waals surface area contributed by atoms with Crippen molar-refractivity contribution in [3.63, 3.8) is 0 Å². The van der Waals surface area contributed by atoms with Gasteiger partial charge in [0, 0.05) is 19.3 Å². The zero-order valence-corrected chi connectivity index (χ0v) is 11.8. The van der Waals surface area contributed by atoms with Crippen molar-refractivity contribution >= 4 is 33.1 Å². The Hall–Kier alpha value is -1.70. The molecule has 2 aromatic heterocycles. The number of aliphatic hydroxyl groups is 1. The van der Waals surface area contributed by atoms with Crippen molar-refractivity contribution in [2.24, 2.45) is 0 Å². The van der Waals surface area contributed by atoms with E-state index in [4.69, 9.17) is 15.6 Å². The monoisotopic (exact) mass is 295 g/mol. The van der Waals surface area contributed by atoms with Crippen LogP contribution < -0.4 is 11.1 Å². The number of anilines is 1. The molecule has 0 aliphatic heterocycles. The minimum atomic E-state index is -0.187. The molecule has 7 heteroatoms. The van der Waals surface area contributed by atoms with Gasteiger partial charge in [0.2, 0.25) is 0 Å². The summed E-state index contributed by atoms with van der Waals surface area (Å²) in [5.41, 5.74) is 7.05. The van der Waals surface area contributed by atoms with Crippen LogP contribution in [0.5, 0.6) is 0 Å². The van der Waals surface area contributed by atoms with Gasteiger partial charge < -0.3 is 20.9 Å². The number of amides is 1. The normalized spacial score (nSPS) is 10.8. The highest BCUT2D eigenvalue weighted by atomic mass is 32.1. The minimum absolute atomic E-state index is 0.0116. The first-order chi connectivity index (χ1) is 9.74. The summed E-state index contributed by atoms with van der Waals surface area (Å²) in [5.74, 6) is -0.187. The van der Waals surface area contributed by atoms with Crippen molar-refractivity contribution in [1.82, 2.24) is 10.3 Å². The molecule has 0 aliphatic rings. The number of nitrogen functional groups attached to an aromatic ring is 1. The lowest BCUT2D eigenvalue weighted by molar-refractivity contribution is 0.0869. The molecule has 1 amide bonds. The van der Waals surface area contributed by atoms with Gasteiger partial charge in [0.25, 0.3) is 5.91 Å². The Morgan fingerprint density at radius 2 is 2.35 bits per heavy atom. The molecule has 4 N–H and O–H groups in total. The number of hydrogen-bond acceptors (Lipinski definition) is 6. The van der Waals surface area contributed by atoms with Crippen LogP contribution in [0.25, 0.3) is 10.2 Å². The van der Waals surface area contributed by atoms with E-state index < -0.39 is 0 Å². The lowest BCUT2D eigenvalue weighted by Crippen LogP contribution is -2.25. The topological polar surface area (TPSA) is 97.5 Å². The minimum Gasteiger partial charge on any atom is -0.396 e. The van der Waals surface area contributed by atoms with E-state index >= 15 is 0 Å². The number of nitrogens with one attached hydrogen (secondary N) is 1. The van der Waals surface area contributed by atoms with Gasteiger partial charge in [-0.3, -0.25) is 9.78 Å². The fraction of sp³-hybridized carbons (Fsp3) is 0.385. The van der Waals surface area contributed by atoms with Crippen LogP contribution in [0.15, 0.2) is 18.3 Å². The smallest absolute Gasteiger partial charge is 0.263 e. The Bertz CT molecular complexity index is 585. The number of ether oxygens (including phenoxy) is 1. The Balaban J connectivity index is 1.89. The third-order valence-electron chi connectivity index (χ3n) is 2.68. The number of nitrogens with two attached hydrogens (primary N) is 1. The zero-order valence-electron chi connectivity index (χ0n) is 11.0. The first-order valence-electron chi connectivity index (χ1n) is 6.34. The summed E-state index contributed by atoms with van der Waals surface area (Å²) < 4.78 is 6.01. The molecule has 2 aromatic rings. The second-order valence-corrected chi connectivity index (χ2v) is 5.19. The average molecular weight is 295 g/mol. The van der Waals surface area contributed by atoms with Crippen molar-refractivity contribution in [2.75, 3.05) is 32.1 Å². The second kappa shape index (κ2) is 7.18. The van der Waals surface area contributed by atoms with Crippen molar-refractivity contribution in [3.05, 3.63) is 23.2 Å². The number of nitrogens with zero attached hydrogens (tertiary/aromatic N) is 1. The molecule has 0 atom stereocenters. The molecular formula is C13H17N3O3S. The standard InChI is InChI=1S/C13H17N3O3S/c14-10-11-9(3-1-4-15-11)20-12(10)13(18)16-5-2-7-19-8-6-17/h1,3-4,17H,2,5-8,14H2,(H,16,18). The third kappa shape index (κ3) is 3.44. The van der Waals surface area contributed by atoms with Crippen LogP contribution in [-0.2, 0) is 4.74 Å². The summed E-state index contributed by atoms with van der Waals surface area (Å²) in [4.78, 5) is 16.7. The summed E-state index contributed by atoms with van der Waals surface area (Å²) in [6.45, 7) is 1.34. The van der Waals surface area contributed by atoms with E-state index in [2.05, 4.69) is 10.3 Å². The van der Waals surface area contributed by atoms with Crippen molar-refractivity contribution < 1.29 is 14.6 Å². The number of hydrogen-bond donors (Lipinski definition) is 3. The van der Waals surface area contributed by atoms with E-state index in [0.717, 1.165) is 4.70 Å². The number of aromatic nitrogens is 1. The van der Waals surface area contributed by atoms with E-state index in [-0.39, 0.29) is 12.5 Å². The molecule has 0 saturated heterocycles. The van der Waals surface area contributed by atoms with E-state index in [0.29, 0.717) is 42.3 Å². The molecule has 0 unspecified atom stereocenters. The number of fused-ring (bicyclic) bond motifs is 1. The second-order valence-electron chi connectivity index (χ2n) is 4.14. The van der Waals surface area contributed by atoms with Crippen molar-refractivity contribution in [1.29, 1.82) is 0 Å².